The van der Waals surface area contributed by atoms with Crippen LogP contribution in [0.3, 0.4) is 0 Å². The smallest absolute Gasteiger partial charge is 0.0352 e. The first-order chi connectivity index (χ1) is 10.3. The molecule has 0 amide bonds. The molecule has 0 spiro atoms. The standard InChI is InChI=1S/C21H16/c1-12-13(2)18-10-9-14-5-3-6-15-11-16-7-4-8-17(12)20(16)21(18)19(14)15/h3-11,19H,1-2H3. The van der Waals surface area contributed by atoms with Crippen LogP contribution in [-0.2, 0) is 0 Å². The molecule has 21 heavy (non-hydrogen) atoms. The molecule has 0 aliphatic heterocycles. The van der Waals surface area contributed by atoms with Crippen molar-refractivity contribution in [2.45, 2.75) is 19.8 Å². The lowest BCUT2D eigenvalue weighted by atomic mass is 9.72. The third kappa shape index (κ3) is 1.26. The van der Waals surface area contributed by atoms with Crippen molar-refractivity contribution >= 4 is 22.9 Å². The van der Waals surface area contributed by atoms with Gasteiger partial charge in [-0.05, 0) is 62.9 Å². The summed E-state index contributed by atoms with van der Waals surface area (Å²) in [4.78, 5) is 0. The fourth-order valence-corrected chi connectivity index (χ4v) is 4.19. The average molecular weight is 268 g/mol. The van der Waals surface area contributed by atoms with Crippen LogP contribution >= 0.6 is 0 Å². The first-order valence-electron chi connectivity index (χ1n) is 7.59. The maximum Gasteiger partial charge on any atom is 0.0352 e. The first kappa shape index (κ1) is 11.3. The molecule has 0 fully saturated rings. The molecule has 0 bridgehead atoms. The summed E-state index contributed by atoms with van der Waals surface area (Å²) in [6, 6.07) is 6.72. The van der Waals surface area contributed by atoms with E-state index >= 15 is 0 Å². The number of allylic oxidation sites excluding steroid dienone is 6. The van der Waals surface area contributed by atoms with Crippen LogP contribution in [0.15, 0.2) is 53.6 Å². The summed E-state index contributed by atoms with van der Waals surface area (Å²) in [5.74, 6) is 0.437. The molecule has 1 atom stereocenters. The Morgan fingerprint density at radius 2 is 1.81 bits per heavy atom. The van der Waals surface area contributed by atoms with Crippen molar-refractivity contribution in [2.24, 2.45) is 0 Å². The van der Waals surface area contributed by atoms with Crippen LogP contribution in [0, 0.1) is 13.8 Å². The molecule has 1 unspecified atom stereocenters. The lowest BCUT2D eigenvalue weighted by molar-refractivity contribution is 0.958. The van der Waals surface area contributed by atoms with Gasteiger partial charge in [-0.1, -0.05) is 54.7 Å². The van der Waals surface area contributed by atoms with E-state index in [-0.39, 0.29) is 0 Å². The maximum absolute atomic E-state index is 2.38. The predicted molar refractivity (Wildman–Crippen MR) is 89.6 cm³/mol. The van der Waals surface area contributed by atoms with Crippen LogP contribution < -0.4 is 10.4 Å². The van der Waals surface area contributed by atoms with E-state index in [1.807, 2.05) is 0 Å². The Morgan fingerprint density at radius 1 is 0.905 bits per heavy atom. The van der Waals surface area contributed by atoms with E-state index in [1.54, 1.807) is 0 Å². The second kappa shape index (κ2) is 3.65. The molecule has 3 aliphatic carbocycles. The van der Waals surface area contributed by atoms with Gasteiger partial charge < -0.3 is 0 Å². The van der Waals surface area contributed by atoms with Gasteiger partial charge in [0.25, 0.3) is 0 Å². The molecule has 0 saturated carbocycles. The lowest BCUT2D eigenvalue weighted by Crippen LogP contribution is -2.29. The van der Waals surface area contributed by atoms with Gasteiger partial charge >= 0.3 is 0 Å². The highest BCUT2D eigenvalue weighted by atomic mass is 14.3. The van der Waals surface area contributed by atoms with Gasteiger partial charge in [-0.2, -0.15) is 0 Å². The molecule has 3 aliphatic rings. The van der Waals surface area contributed by atoms with E-state index in [0.717, 1.165) is 0 Å². The summed E-state index contributed by atoms with van der Waals surface area (Å²) in [5.41, 5.74) is 7.24. The quantitative estimate of drug-likeness (QED) is 0.685. The van der Waals surface area contributed by atoms with Gasteiger partial charge in [0.15, 0.2) is 0 Å². The Bertz CT molecular complexity index is 1040. The summed E-state index contributed by atoms with van der Waals surface area (Å²) < 4.78 is 0. The minimum atomic E-state index is 0.437. The summed E-state index contributed by atoms with van der Waals surface area (Å²) in [5, 5.41) is 5.70. The Kier molecular flexibility index (Phi) is 1.97. The molecule has 2 aromatic rings. The minimum Gasteiger partial charge on any atom is -0.0617 e. The van der Waals surface area contributed by atoms with E-state index in [1.165, 1.54) is 49.0 Å². The minimum absolute atomic E-state index is 0.437. The Morgan fingerprint density at radius 3 is 2.71 bits per heavy atom. The van der Waals surface area contributed by atoms with E-state index in [9.17, 15) is 0 Å². The highest BCUT2D eigenvalue weighted by molar-refractivity contribution is 5.96. The van der Waals surface area contributed by atoms with Gasteiger partial charge in [0.1, 0.15) is 0 Å². The molecule has 0 nitrogen and oxygen atoms in total. The molecular formula is C21H16. The van der Waals surface area contributed by atoms with Gasteiger partial charge in [-0.3, -0.25) is 0 Å². The van der Waals surface area contributed by atoms with Crippen molar-refractivity contribution in [1.82, 2.24) is 0 Å². The number of hydrogen-bond donors (Lipinski definition) is 0. The van der Waals surface area contributed by atoms with E-state index in [2.05, 4.69) is 68.5 Å². The Labute approximate surface area is 124 Å². The van der Waals surface area contributed by atoms with E-state index in [4.69, 9.17) is 0 Å². The Balaban J connectivity index is 2.16. The topological polar surface area (TPSA) is 0 Å². The van der Waals surface area contributed by atoms with Crippen molar-refractivity contribution in [3.8, 4) is 0 Å². The van der Waals surface area contributed by atoms with Crippen molar-refractivity contribution < 1.29 is 0 Å². The number of benzene rings is 2. The van der Waals surface area contributed by atoms with Crippen LogP contribution in [0.25, 0.3) is 22.9 Å². The summed E-state index contributed by atoms with van der Waals surface area (Å²) in [7, 11) is 0. The highest BCUT2D eigenvalue weighted by Gasteiger charge is 2.29. The average Bonchev–Trinajstić information content (AvgIpc) is 2.52. The van der Waals surface area contributed by atoms with Crippen molar-refractivity contribution in [1.29, 1.82) is 0 Å². The molecule has 2 aromatic carbocycles. The molecule has 0 N–H and O–H groups in total. The van der Waals surface area contributed by atoms with Crippen molar-refractivity contribution in [3.63, 3.8) is 0 Å². The summed E-state index contributed by atoms with van der Waals surface area (Å²) in [6.07, 6.45) is 13.7. The third-order valence-electron chi connectivity index (χ3n) is 5.32. The summed E-state index contributed by atoms with van der Waals surface area (Å²) >= 11 is 0. The van der Waals surface area contributed by atoms with Crippen LogP contribution in [0.2, 0.25) is 0 Å². The lowest BCUT2D eigenvalue weighted by Gasteiger charge is -2.31. The van der Waals surface area contributed by atoms with Gasteiger partial charge in [0.05, 0.1) is 0 Å². The Hall–Kier alpha value is -2.34. The molecule has 100 valence electrons. The van der Waals surface area contributed by atoms with E-state index < -0.39 is 0 Å². The van der Waals surface area contributed by atoms with Gasteiger partial charge in [-0.15, -0.1) is 0 Å². The first-order valence-corrected chi connectivity index (χ1v) is 7.59. The zero-order chi connectivity index (χ0) is 14.1. The second-order valence-electron chi connectivity index (χ2n) is 6.28. The highest BCUT2D eigenvalue weighted by Crippen LogP contribution is 2.41. The molecule has 0 radical (unpaired) electrons. The zero-order valence-corrected chi connectivity index (χ0v) is 12.3. The largest absolute Gasteiger partial charge is 0.0617 e. The fourth-order valence-electron chi connectivity index (χ4n) is 4.19. The van der Waals surface area contributed by atoms with Gasteiger partial charge in [-0.25, -0.2) is 0 Å². The third-order valence-corrected chi connectivity index (χ3v) is 5.32. The molecule has 0 heteroatoms. The molecule has 0 saturated heterocycles. The SMILES string of the molecule is Cc1c(C)c2cccc3c2c2c1=CC=C1C=CC=C(C=3)C12. The maximum atomic E-state index is 2.38. The van der Waals surface area contributed by atoms with Crippen molar-refractivity contribution in [3.05, 3.63) is 80.8 Å². The van der Waals surface area contributed by atoms with Crippen LogP contribution in [0.5, 0.6) is 0 Å². The number of rotatable bonds is 0. The zero-order valence-electron chi connectivity index (χ0n) is 12.3. The van der Waals surface area contributed by atoms with Crippen LogP contribution in [0.4, 0.5) is 0 Å². The fraction of sp³-hybridized carbons (Fsp3) is 0.143. The van der Waals surface area contributed by atoms with E-state index in [0.29, 0.717) is 5.92 Å². The van der Waals surface area contributed by atoms with Crippen molar-refractivity contribution in [2.75, 3.05) is 0 Å². The summed E-state index contributed by atoms with van der Waals surface area (Å²) in [6.45, 7) is 4.52. The molecule has 0 heterocycles. The normalized spacial score (nSPS) is 20.6. The molecular weight excluding hydrogens is 252 g/mol. The molecule has 0 aromatic heterocycles. The second-order valence-corrected chi connectivity index (χ2v) is 6.28. The van der Waals surface area contributed by atoms with Gasteiger partial charge in [0.2, 0.25) is 0 Å². The molecule has 5 rings (SSSR count). The number of hydrogen-bond acceptors (Lipinski definition) is 0. The van der Waals surface area contributed by atoms with Gasteiger partial charge in [0, 0.05) is 5.92 Å². The monoisotopic (exact) mass is 268 g/mol. The van der Waals surface area contributed by atoms with Crippen LogP contribution in [0.1, 0.15) is 22.6 Å². The number of aryl methyl sites for hydroxylation is 1. The predicted octanol–water partition coefficient (Wildman–Crippen LogP) is 3.55. The van der Waals surface area contributed by atoms with Crippen LogP contribution in [-0.4, -0.2) is 0 Å².